The van der Waals surface area contributed by atoms with E-state index >= 15 is 0 Å². The molecule has 8 heteroatoms. The lowest BCUT2D eigenvalue weighted by Crippen LogP contribution is -2.48. The quantitative estimate of drug-likeness (QED) is 0.842. The Hall–Kier alpha value is -1.15. The number of morpholine rings is 1. The second-order valence-electron chi connectivity index (χ2n) is 4.94. The van der Waals surface area contributed by atoms with Gasteiger partial charge in [0, 0.05) is 19.0 Å². The number of rotatable bonds is 3. The highest BCUT2D eigenvalue weighted by atomic mass is 19.4. The molecule has 1 saturated heterocycles. The van der Waals surface area contributed by atoms with E-state index in [0.717, 1.165) is 12.8 Å². The maximum atomic E-state index is 12.6. The fourth-order valence-electron chi connectivity index (χ4n) is 2.06. The SMILES string of the molecule is FC(F)(F)[C@@H]1CN(Cc2nnc(C3CC3)o2)CCO1. The first-order chi connectivity index (χ1) is 9.02. The lowest BCUT2D eigenvalue weighted by Gasteiger charge is -2.32. The largest absolute Gasteiger partial charge is 0.424 e. The van der Waals surface area contributed by atoms with Crippen LogP contribution in [-0.2, 0) is 11.3 Å². The Labute approximate surface area is 107 Å². The van der Waals surface area contributed by atoms with Crippen LogP contribution in [0.1, 0.15) is 30.5 Å². The number of ether oxygens (including phenoxy) is 1. The third-order valence-corrected chi connectivity index (χ3v) is 3.28. The van der Waals surface area contributed by atoms with Crippen molar-refractivity contribution in [3.8, 4) is 0 Å². The molecule has 1 atom stereocenters. The van der Waals surface area contributed by atoms with Gasteiger partial charge in [-0.25, -0.2) is 0 Å². The second-order valence-corrected chi connectivity index (χ2v) is 4.94. The van der Waals surface area contributed by atoms with Gasteiger partial charge in [-0.15, -0.1) is 10.2 Å². The number of alkyl halides is 3. The molecule has 0 amide bonds. The molecule has 1 aromatic rings. The van der Waals surface area contributed by atoms with Crippen molar-refractivity contribution in [2.45, 2.75) is 37.6 Å². The van der Waals surface area contributed by atoms with E-state index in [1.165, 1.54) is 0 Å². The van der Waals surface area contributed by atoms with Crippen molar-refractivity contribution >= 4 is 0 Å². The average molecular weight is 277 g/mol. The molecule has 0 unspecified atom stereocenters. The van der Waals surface area contributed by atoms with Gasteiger partial charge in [0.15, 0.2) is 6.10 Å². The van der Waals surface area contributed by atoms with Crippen LogP contribution in [-0.4, -0.2) is 47.1 Å². The average Bonchev–Trinajstić information content (AvgIpc) is 3.10. The fourth-order valence-corrected chi connectivity index (χ4v) is 2.06. The Kier molecular flexibility index (Phi) is 3.22. The summed E-state index contributed by atoms with van der Waals surface area (Å²) < 4.78 is 47.9. The van der Waals surface area contributed by atoms with E-state index in [-0.39, 0.29) is 19.7 Å². The molecule has 1 aromatic heterocycles. The topological polar surface area (TPSA) is 51.4 Å². The van der Waals surface area contributed by atoms with Crippen LogP contribution in [0, 0.1) is 0 Å². The molecule has 1 aliphatic heterocycles. The van der Waals surface area contributed by atoms with E-state index in [4.69, 9.17) is 9.15 Å². The number of hydrogen-bond acceptors (Lipinski definition) is 5. The summed E-state index contributed by atoms with van der Waals surface area (Å²) in [5, 5.41) is 7.79. The number of nitrogens with zero attached hydrogens (tertiary/aromatic N) is 3. The molecule has 1 saturated carbocycles. The summed E-state index contributed by atoms with van der Waals surface area (Å²) in [6.07, 6.45) is -3.95. The number of aromatic nitrogens is 2. The van der Waals surface area contributed by atoms with Gasteiger partial charge in [-0.1, -0.05) is 0 Å². The molecule has 106 valence electrons. The van der Waals surface area contributed by atoms with E-state index in [2.05, 4.69) is 10.2 Å². The Bertz CT molecular complexity index is 445. The predicted molar refractivity (Wildman–Crippen MR) is 57.3 cm³/mol. The summed E-state index contributed by atoms with van der Waals surface area (Å²) in [7, 11) is 0. The summed E-state index contributed by atoms with van der Waals surface area (Å²) >= 11 is 0. The van der Waals surface area contributed by atoms with Gasteiger partial charge < -0.3 is 9.15 Å². The van der Waals surface area contributed by atoms with Crippen LogP contribution in [0.3, 0.4) is 0 Å². The lowest BCUT2D eigenvalue weighted by atomic mass is 10.2. The van der Waals surface area contributed by atoms with Gasteiger partial charge in [-0.05, 0) is 12.8 Å². The molecule has 2 fully saturated rings. The monoisotopic (exact) mass is 277 g/mol. The second kappa shape index (κ2) is 4.75. The summed E-state index contributed by atoms with van der Waals surface area (Å²) in [5.74, 6) is 1.34. The van der Waals surface area contributed by atoms with E-state index in [0.29, 0.717) is 24.2 Å². The maximum Gasteiger partial charge on any atom is 0.415 e. The van der Waals surface area contributed by atoms with Crippen LogP contribution >= 0.6 is 0 Å². The van der Waals surface area contributed by atoms with Crippen LogP contribution in [0.25, 0.3) is 0 Å². The molecule has 2 heterocycles. The van der Waals surface area contributed by atoms with Gasteiger partial charge in [0.05, 0.1) is 13.2 Å². The molecule has 0 radical (unpaired) electrons. The van der Waals surface area contributed by atoms with Crippen molar-refractivity contribution < 1.29 is 22.3 Å². The van der Waals surface area contributed by atoms with Crippen molar-refractivity contribution in [3.05, 3.63) is 11.8 Å². The van der Waals surface area contributed by atoms with Crippen molar-refractivity contribution in [1.82, 2.24) is 15.1 Å². The Morgan fingerprint density at radius 1 is 1.26 bits per heavy atom. The molecule has 0 bridgehead atoms. The van der Waals surface area contributed by atoms with Crippen molar-refractivity contribution in [3.63, 3.8) is 0 Å². The summed E-state index contributed by atoms with van der Waals surface area (Å²) in [4.78, 5) is 1.63. The minimum absolute atomic E-state index is 0.0633. The Morgan fingerprint density at radius 2 is 2.05 bits per heavy atom. The molecule has 2 aliphatic rings. The van der Waals surface area contributed by atoms with E-state index < -0.39 is 12.3 Å². The molecule has 0 aromatic carbocycles. The van der Waals surface area contributed by atoms with Crippen molar-refractivity contribution in [2.24, 2.45) is 0 Å². The fraction of sp³-hybridized carbons (Fsp3) is 0.818. The molecular formula is C11H14F3N3O2. The lowest BCUT2D eigenvalue weighted by molar-refractivity contribution is -0.238. The molecule has 5 nitrogen and oxygen atoms in total. The van der Waals surface area contributed by atoms with Crippen LogP contribution < -0.4 is 0 Å². The van der Waals surface area contributed by atoms with Gasteiger partial charge >= 0.3 is 6.18 Å². The minimum Gasteiger partial charge on any atom is -0.424 e. The Morgan fingerprint density at radius 3 is 2.74 bits per heavy atom. The molecule has 19 heavy (non-hydrogen) atoms. The third-order valence-electron chi connectivity index (χ3n) is 3.28. The maximum absolute atomic E-state index is 12.6. The molecule has 0 N–H and O–H groups in total. The summed E-state index contributed by atoms with van der Waals surface area (Å²) in [6, 6.07) is 0. The summed E-state index contributed by atoms with van der Waals surface area (Å²) in [6.45, 7) is 0.557. The van der Waals surface area contributed by atoms with Gasteiger partial charge in [0.25, 0.3) is 0 Å². The smallest absolute Gasteiger partial charge is 0.415 e. The van der Waals surface area contributed by atoms with E-state index in [1.54, 1.807) is 4.90 Å². The normalized spacial score (nSPS) is 25.7. The molecule has 0 spiro atoms. The van der Waals surface area contributed by atoms with E-state index in [9.17, 15) is 13.2 Å². The van der Waals surface area contributed by atoms with Gasteiger partial charge in [0.2, 0.25) is 11.8 Å². The number of halogens is 3. The first kappa shape index (κ1) is 12.9. The van der Waals surface area contributed by atoms with Crippen molar-refractivity contribution in [1.29, 1.82) is 0 Å². The zero-order valence-corrected chi connectivity index (χ0v) is 10.2. The van der Waals surface area contributed by atoms with Crippen molar-refractivity contribution in [2.75, 3.05) is 19.7 Å². The zero-order valence-electron chi connectivity index (χ0n) is 10.2. The van der Waals surface area contributed by atoms with Gasteiger partial charge in [-0.2, -0.15) is 13.2 Å². The predicted octanol–water partition coefficient (Wildman–Crippen LogP) is 1.71. The van der Waals surface area contributed by atoms with Crippen LogP contribution in [0.15, 0.2) is 4.42 Å². The minimum atomic E-state index is -4.33. The standard InChI is InChI=1S/C11H14F3N3O2/c12-11(13,14)8-5-17(3-4-18-8)6-9-15-16-10(19-9)7-1-2-7/h7-8H,1-6H2/t8-/m0/s1. The Balaban J connectivity index is 1.59. The zero-order chi connectivity index (χ0) is 13.5. The highest BCUT2D eigenvalue weighted by molar-refractivity contribution is 5.00. The highest BCUT2D eigenvalue weighted by Gasteiger charge is 2.43. The number of hydrogen-bond donors (Lipinski definition) is 0. The first-order valence-corrected chi connectivity index (χ1v) is 6.25. The van der Waals surface area contributed by atoms with Crippen LogP contribution in [0.2, 0.25) is 0 Å². The van der Waals surface area contributed by atoms with Gasteiger partial charge in [-0.3, -0.25) is 4.90 Å². The first-order valence-electron chi connectivity index (χ1n) is 6.25. The van der Waals surface area contributed by atoms with Gasteiger partial charge in [0.1, 0.15) is 0 Å². The summed E-state index contributed by atoms with van der Waals surface area (Å²) in [5.41, 5.74) is 0. The molecular weight excluding hydrogens is 263 g/mol. The highest BCUT2D eigenvalue weighted by Crippen LogP contribution is 2.39. The molecule has 1 aliphatic carbocycles. The van der Waals surface area contributed by atoms with Crippen LogP contribution in [0.4, 0.5) is 13.2 Å². The van der Waals surface area contributed by atoms with E-state index in [1.807, 2.05) is 0 Å². The molecule has 3 rings (SSSR count). The van der Waals surface area contributed by atoms with Crippen LogP contribution in [0.5, 0.6) is 0 Å². The third kappa shape index (κ3) is 3.06.